The molecular weight excluding hydrogens is 271 g/mol. The van der Waals surface area contributed by atoms with E-state index in [2.05, 4.69) is 0 Å². The molecule has 2 aromatic carbocycles. The maximum absolute atomic E-state index is 12.4. The van der Waals surface area contributed by atoms with Crippen LogP contribution in [-0.2, 0) is 11.0 Å². The quantitative estimate of drug-likeness (QED) is 0.829. The van der Waals surface area contributed by atoms with Gasteiger partial charge in [0.05, 0.1) is 0 Å². The second-order valence-corrected chi connectivity index (χ2v) is 6.58. The van der Waals surface area contributed by atoms with Crippen LogP contribution in [0.15, 0.2) is 60.7 Å². The first-order valence-electron chi connectivity index (χ1n) is 6.47. The molecule has 20 heavy (non-hydrogen) atoms. The van der Waals surface area contributed by atoms with Gasteiger partial charge in [-0.3, -0.25) is 0 Å². The molecule has 2 rings (SSSR count). The fourth-order valence-corrected chi connectivity index (χ4v) is 2.72. The summed E-state index contributed by atoms with van der Waals surface area (Å²) in [6, 6.07) is 19.0. The molecule has 0 fully saturated rings. The highest BCUT2D eigenvalue weighted by Crippen LogP contribution is 2.41. The topological polar surface area (TPSA) is 55.6 Å². The van der Waals surface area contributed by atoms with E-state index in [1.807, 2.05) is 48.5 Å². The molecule has 0 radical (unpaired) electrons. The van der Waals surface area contributed by atoms with E-state index in [4.69, 9.17) is 10.0 Å². The Bertz CT molecular complexity index is 575. The van der Waals surface area contributed by atoms with Gasteiger partial charge in [-0.2, -0.15) is 0 Å². The molecule has 4 nitrogen and oxygen atoms in total. The van der Waals surface area contributed by atoms with Crippen molar-refractivity contribution in [2.24, 2.45) is 5.50 Å². The summed E-state index contributed by atoms with van der Waals surface area (Å²) < 4.78 is 19.4. The van der Waals surface area contributed by atoms with Gasteiger partial charge in [-0.25, -0.2) is 14.7 Å². The van der Waals surface area contributed by atoms with Crippen LogP contribution < -0.4 is 10.0 Å². The van der Waals surface area contributed by atoms with Crippen molar-refractivity contribution in [3.8, 4) is 5.75 Å². The third-order valence-corrected chi connectivity index (χ3v) is 4.65. The van der Waals surface area contributed by atoms with Crippen molar-refractivity contribution < 1.29 is 9.09 Å². The van der Waals surface area contributed by atoms with Crippen LogP contribution >= 0.6 is 7.67 Å². The number of nitrogens with two attached hydrogens (primary N) is 1. The molecule has 1 atom stereocenters. The second-order valence-electron chi connectivity index (χ2n) is 4.59. The molecule has 0 aromatic heterocycles. The molecule has 0 amide bonds. The minimum Gasteiger partial charge on any atom is -0.422 e. The zero-order valence-electron chi connectivity index (χ0n) is 11.5. The molecule has 1 unspecified atom stereocenters. The Morgan fingerprint density at radius 1 is 1.05 bits per heavy atom. The monoisotopic (exact) mass is 290 g/mol. The standard InChI is InChI=1S/C15H19N2O2P/c1-17(13-12-14-8-4-2-5-9-14)20(16,18)19-15-10-6-3-7-11-15/h2-11H,12-13H2,1H3,(H2,16,18). The van der Waals surface area contributed by atoms with Crippen molar-refractivity contribution in [3.63, 3.8) is 0 Å². The van der Waals surface area contributed by atoms with Gasteiger partial charge >= 0.3 is 7.67 Å². The van der Waals surface area contributed by atoms with Gasteiger partial charge in [-0.05, 0) is 31.2 Å². The predicted octanol–water partition coefficient (Wildman–Crippen LogP) is 3.31. The Kier molecular flexibility index (Phi) is 4.96. The summed E-state index contributed by atoms with van der Waals surface area (Å²) in [5.74, 6) is 0.518. The summed E-state index contributed by atoms with van der Waals surface area (Å²) >= 11 is 0. The van der Waals surface area contributed by atoms with E-state index in [1.54, 1.807) is 23.9 Å². The van der Waals surface area contributed by atoms with Crippen molar-refractivity contribution in [1.29, 1.82) is 0 Å². The van der Waals surface area contributed by atoms with Gasteiger partial charge in [-0.15, -0.1) is 0 Å². The Balaban J connectivity index is 1.93. The number of likely N-dealkylation sites (N-methyl/N-ethyl adjacent to an activating group) is 1. The van der Waals surface area contributed by atoms with E-state index in [0.717, 1.165) is 6.42 Å². The van der Waals surface area contributed by atoms with Crippen LogP contribution in [0.2, 0.25) is 0 Å². The summed E-state index contributed by atoms with van der Waals surface area (Å²) in [7, 11) is -1.59. The number of hydrogen-bond acceptors (Lipinski definition) is 2. The largest absolute Gasteiger partial charge is 0.422 e. The first-order valence-corrected chi connectivity index (χ1v) is 8.11. The van der Waals surface area contributed by atoms with E-state index < -0.39 is 7.67 Å². The molecule has 0 spiro atoms. The van der Waals surface area contributed by atoms with E-state index in [9.17, 15) is 4.57 Å². The molecule has 0 saturated heterocycles. The van der Waals surface area contributed by atoms with Gasteiger partial charge < -0.3 is 4.52 Å². The summed E-state index contributed by atoms with van der Waals surface area (Å²) in [6.45, 7) is 0.574. The molecule has 0 saturated carbocycles. The summed E-state index contributed by atoms with van der Waals surface area (Å²) in [5.41, 5.74) is 7.00. The zero-order valence-corrected chi connectivity index (χ0v) is 12.4. The summed E-state index contributed by atoms with van der Waals surface area (Å²) in [5, 5.41) is 0. The van der Waals surface area contributed by atoms with Gasteiger partial charge in [0, 0.05) is 6.54 Å². The number of rotatable bonds is 6. The zero-order chi connectivity index (χ0) is 14.4. The minimum absolute atomic E-state index is 0.518. The van der Waals surface area contributed by atoms with Gasteiger partial charge in [0.1, 0.15) is 5.75 Å². The highest BCUT2D eigenvalue weighted by Gasteiger charge is 2.24. The lowest BCUT2D eigenvalue weighted by atomic mass is 10.2. The Morgan fingerprint density at radius 3 is 2.20 bits per heavy atom. The van der Waals surface area contributed by atoms with E-state index in [0.29, 0.717) is 12.3 Å². The Hall–Kier alpha value is -1.61. The van der Waals surface area contributed by atoms with Crippen LogP contribution in [0.25, 0.3) is 0 Å². The molecule has 0 bridgehead atoms. The average Bonchev–Trinajstić information content (AvgIpc) is 2.46. The summed E-state index contributed by atoms with van der Waals surface area (Å²) in [6.07, 6.45) is 0.774. The smallest absolute Gasteiger partial charge is 0.390 e. The fraction of sp³-hybridized carbons (Fsp3) is 0.200. The fourth-order valence-electron chi connectivity index (χ4n) is 1.78. The molecule has 106 valence electrons. The lowest BCUT2D eigenvalue weighted by Gasteiger charge is -2.24. The molecule has 0 heterocycles. The van der Waals surface area contributed by atoms with Gasteiger partial charge in [-0.1, -0.05) is 48.5 Å². The average molecular weight is 290 g/mol. The number of hydrogen-bond donors (Lipinski definition) is 1. The van der Waals surface area contributed by atoms with Gasteiger partial charge in [0.15, 0.2) is 0 Å². The van der Waals surface area contributed by atoms with Crippen LogP contribution in [-0.4, -0.2) is 18.3 Å². The second kappa shape index (κ2) is 6.71. The SMILES string of the molecule is CN(CCc1ccccc1)P(N)(=O)Oc1ccccc1. The van der Waals surface area contributed by atoms with Crippen molar-refractivity contribution in [3.05, 3.63) is 66.2 Å². The normalized spacial score (nSPS) is 13.9. The van der Waals surface area contributed by atoms with E-state index in [-0.39, 0.29) is 0 Å². The van der Waals surface area contributed by atoms with Crippen LogP contribution in [0.4, 0.5) is 0 Å². The van der Waals surface area contributed by atoms with Crippen LogP contribution in [0.5, 0.6) is 5.75 Å². The molecule has 5 heteroatoms. The lowest BCUT2D eigenvalue weighted by Crippen LogP contribution is -2.25. The van der Waals surface area contributed by atoms with Crippen molar-refractivity contribution in [2.45, 2.75) is 6.42 Å². The number of para-hydroxylation sites is 1. The van der Waals surface area contributed by atoms with Gasteiger partial charge in [0.25, 0.3) is 0 Å². The predicted molar refractivity (Wildman–Crippen MR) is 81.6 cm³/mol. The number of benzene rings is 2. The molecule has 0 aliphatic carbocycles. The maximum Gasteiger partial charge on any atom is 0.390 e. The summed E-state index contributed by atoms with van der Waals surface area (Å²) in [4.78, 5) is 0. The van der Waals surface area contributed by atoms with E-state index in [1.165, 1.54) is 5.56 Å². The van der Waals surface area contributed by atoms with Crippen molar-refractivity contribution in [2.75, 3.05) is 13.6 Å². The Labute approximate surface area is 119 Å². The van der Waals surface area contributed by atoms with E-state index >= 15 is 0 Å². The maximum atomic E-state index is 12.4. The first kappa shape index (κ1) is 14.8. The van der Waals surface area contributed by atoms with Gasteiger partial charge in [0.2, 0.25) is 0 Å². The van der Waals surface area contributed by atoms with Crippen LogP contribution in [0.1, 0.15) is 5.56 Å². The van der Waals surface area contributed by atoms with Crippen LogP contribution in [0.3, 0.4) is 0 Å². The molecule has 2 aromatic rings. The van der Waals surface area contributed by atoms with Crippen molar-refractivity contribution >= 4 is 7.67 Å². The third-order valence-electron chi connectivity index (χ3n) is 3.02. The molecule has 0 aliphatic heterocycles. The molecule has 0 aliphatic rings. The van der Waals surface area contributed by atoms with Crippen molar-refractivity contribution in [1.82, 2.24) is 4.67 Å². The minimum atomic E-state index is -3.31. The number of nitrogens with zero attached hydrogens (tertiary/aromatic N) is 1. The first-order chi connectivity index (χ1) is 9.58. The molecule has 2 N–H and O–H groups in total. The lowest BCUT2D eigenvalue weighted by molar-refractivity contribution is 0.389. The Morgan fingerprint density at radius 2 is 1.60 bits per heavy atom. The highest BCUT2D eigenvalue weighted by atomic mass is 31.2. The van der Waals surface area contributed by atoms with Crippen LogP contribution in [0, 0.1) is 0 Å². The molecular formula is C15H19N2O2P. The third kappa shape index (κ3) is 4.20. The highest BCUT2D eigenvalue weighted by molar-refractivity contribution is 7.54.